The highest BCUT2D eigenvalue weighted by Gasteiger charge is 2.09. The Hall–Kier alpha value is -0.230. The average molecular weight is 236 g/mol. The van der Waals surface area contributed by atoms with Crippen LogP contribution in [-0.4, -0.2) is 39.3 Å². The van der Waals surface area contributed by atoms with Crippen LogP contribution in [0.2, 0.25) is 4.34 Å². The van der Waals surface area contributed by atoms with E-state index >= 15 is 0 Å². The smallest absolute Gasteiger partial charge is 0.138 e. The maximum absolute atomic E-state index is 8.71. The van der Waals surface area contributed by atoms with E-state index in [0.29, 0.717) is 10.9 Å². The van der Waals surface area contributed by atoms with E-state index in [9.17, 15) is 0 Å². The van der Waals surface area contributed by atoms with Gasteiger partial charge in [0.15, 0.2) is 0 Å². The summed E-state index contributed by atoms with van der Waals surface area (Å²) in [5.41, 5.74) is 0.830. The zero-order valence-corrected chi connectivity index (χ0v) is 9.68. The molecule has 0 atom stereocenters. The van der Waals surface area contributed by atoms with E-state index in [2.05, 4.69) is 21.4 Å². The van der Waals surface area contributed by atoms with Crippen LogP contribution in [0.1, 0.15) is 19.0 Å². The molecule has 14 heavy (non-hydrogen) atoms. The van der Waals surface area contributed by atoms with Crippen molar-refractivity contribution in [3.63, 3.8) is 0 Å². The summed E-state index contributed by atoms with van der Waals surface area (Å²) in [5, 5.41) is 12.7. The summed E-state index contributed by atoms with van der Waals surface area (Å²) >= 11 is 7.10. The first-order chi connectivity index (χ1) is 6.77. The van der Waals surface area contributed by atoms with Gasteiger partial charge in [-0.2, -0.15) is 0 Å². The van der Waals surface area contributed by atoms with Crippen LogP contribution < -0.4 is 0 Å². The zero-order chi connectivity index (χ0) is 10.4. The number of hydrogen-bond donors (Lipinski definition) is 1. The fourth-order valence-electron chi connectivity index (χ4n) is 1.15. The Kier molecular flexibility index (Phi) is 5.32. The Morgan fingerprint density at radius 3 is 2.86 bits per heavy atom. The van der Waals surface area contributed by atoms with Gasteiger partial charge >= 0.3 is 0 Å². The molecule has 0 fully saturated rings. The topological polar surface area (TPSA) is 49.2 Å². The van der Waals surface area contributed by atoms with E-state index < -0.39 is 0 Å². The van der Waals surface area contributed by atoms with Crippen LogP contribution in [0, 0.1) is 0 Å². The molecule has 1 N–H and O–H groups in total. The van der Waals surface area contributed by atoms with Gasteiger partial charge in [0.2, 0.25) is 0 Å². The molecule has 0 saturated heterocycles. The third-order valence-electron chi connectivity index (χ3n) is 1.96. The van der Waals surface area contributed by atoms with E-state index in [4.69, 9.17) is 16.7 Å². The van der Waals surface area contributed by atoms with E-state index in [1.165, 1.54) is 11.5 Å². The lowest BCUT2D eigenvalue weighted by molar-refractivity contribution is 0.224. The molecule has 0 aliphatic heterocycles. The first kappa shape index (κ1) is 11.8. The Bertz CT molecular complexity index is 269. The van der Waals surface area contributed by atoms with Crippen molar-refractivity contribution in [2.24, 2.45) is 0 Å². The third kappa shape index (κ3) is 3.49. The standard InChI is InChI=1S/C8H14ClN3OS/c1-2-12(4-3-5-13)6-7-8(9)14-11-10-7/h13H,2-6H2,1H3. The van der Waals surface area contributed by atoms with Gasteiger partial charge in [-0.3, -0.25) is 4.90 Å². The van der Waals surface area contributed by atoms with Crippen molar-refractivity contribution in [2.45, 2.75) is 19.9 Å². The fraction of sp³-hybridized carbons (Fsp3) is 0.750. The molecule has 1 rings (SSSR count). The summed E-state index contributed by atoms with van der Waals surface area (Å²) in [5.74, 6) is 0. The number of halogens is 1. The van der Waals surface area contributed by atoms with Crippen molar-refractivity contribution in [1.82, 2.24) is 14.5 Å². The lowest BCUT2D eigenvalue weighted by Crippen LogP contribution is -2.25. The summed E-state index contributed by atoms with van der Waals surface area (Å²) in [6.07, 6.45) is 0.781. The lowest BCUT2D eigenvalue weighted by Gasteiger charge is -2.18. The largest absolute Gasteiger partial charge is 0.396 e. The molecular formula is C8H14ClN3OS. The molecule has 1 heterocycles. The Balaban J connectivity index is 2.44. The van der Waals surface area contributed by atoms with E-state index in [0.717, 1.165) is 25.2 Å². The SMILES string of the molecule is CCN(CCCO)Cc1nnsc1Cl. The molecular weight excluding hydrogens is 222 g/mol. The van der Waals surface area contributed by atoms with Crippen LogP contribution in [-0.2, 0) is 6.54 Å². The van der Waals surface area contributed by atoms with Crippen molar-refractivity contribution in [3.8, 4) is 0 Å². The summed E-state index contributed by atoms with van der Waals surface area (Å²) in [6.45, 7) is 4.80. The van der Waals surface area contributed by atoms with Gasteiger partial charge in [-0.05, 0) is 13.0 Å². The van der Waals surface area contributed by atoms with Crippen LogP contribution >= 0.6 is 23.1 Å². The molecule has 0 aliphatic carbocycles. The molecule has 0 radical (unpaired) electrons. The second kappa shape index (κ2) is 6.29. The normalized spacial score (nSPS) is 11.1. The minimum absolute atomic E-state index is 0.222. The molecule has 0 unspecified atom stereocenters. The average Bonchev–Trinajstić information content (AvgIpc) is 2.59. The Morgan fingerprint density at radius 1 is 1.57 bits per heavy atom. The number of aliphatic hydroxyl groups excluding tert-OH is 1. The minimum Gasteiger partial charge on any atom is -0.396 e. The summed E-state index contributed by atoms with van der Waals surface area (Å²) in [4.78, 5) is 2.18. The molecule has 1 aromatic heterocycles. The molecule has 4 nitrogen and oxygen atoms in total. The number of hydrogen-bond acceptors (Lipinski definition) is 5. The molecule has 0 saturated carbocycles. The quantitative estimate of drug-likeness (QED) is 0.810. The Labute approximate surface area is 92.7 Å². The molecule has 0 aromatic carbocycles. The second-order valence-corrected chi connectivity index (χ2v) is 4.30. The van der Waals surface area contributed by atoms with Gasteiger partial charge in [0.05, 0.1) is 0 Å². The first-order valence-corrected chi connectivity index (χ1v) is 5.73. The van der Waals surface area contributed by atoms with Crippen molar-refractivity contribution < 1.29 is 5.11 Å². The second-order valence-electron chi connectivity index (χ2n) is 2.94. The fourth-order valence-corrected chi connectivity index (χ4v) is 1.76. The van der Waals surface area contributed by atoms with Crippen LogP contribution in [0.3, 0.4) is 0 Å². The number of rotatable bonds is 6. The van der Waals surface area contributed by atoms with Gasteiger partial charge in [-0.25, -0.2) is 0 Å². The summed E-state index contributed by atoms with van der Waals surface area (Å²) in [7, 11) is 0. The van der Waals surface area contributed by atoms with Crippen molar-refractivity contribution in [1.29, 1.82) is 0 Å². The maximum atomic E-state index is 8.71. The molecule has 0 bridgehead atoms. The van der Waals surface area contributed by atoms with Gasteiger partial charge in [0, 0.05) is 31.2 Å². The van der Waals surface area contributed by atoms with E-state index in [-0.39, 0.29) is 6.61 Å². The number of nitrogens with zero attached hydrogens (tertiary/aromatic N) is 3. The first-order valence-electron chi connectivity index (χ1n) is 4.57. The monoisotopic (exact) mass is 235 g/mol. The van der Waals surface area contributed by atoms with Crippen LogP contribution in [0.25, 0.3) is 0 Å². The molecule has 0 aliphatic rings. The highest BCUT2D eigenvalue weighted by atomic mass is 35.5. The third-order valence-corrected chi connectivity index (χ3v) is 2.95. The van der Waals surface area contributed by atoms with Crippen molar-refractivity contribution in [2.75, 3.05) is 19.7 Å². The highest BCUT2D eigenvalue weighted by Crippen LogP contribution is 2.18. The van der Waals surface area contributed by atoms with Crippen LogP contribution in [0.15, 0.2) is 0 Å². The summed E-state index contributed by atoms with van der Waals surface area (Å²) in [6, 6.07) is 0. The minimum atomic E-state index is 0.222. The number of aromatic nitrogens is 2. The number of aliphatic hydroxyl groups is 1. The molecule has 0 amide bonds. The zero-order valence-electron chi connectivity index (χ0n) is 8.11. The highest BCUT2D eigenvalue weighted by molar-refractivity contribution is 7.10. The van der Waals surface area contributed by atoms with Crippen molar-refractivity contribution in [3.05, 3.63) is 10.0 Å². The van der Waals surface area contributed by atoms with Gasteiger partial charge in [-0.1, -0.05) is 23.0 Å². The molecule has 6 heteroatoms. The maximum Gasteiger partial charge on any atom is 0.138 e. The molecule has 1 aromatic rings. The Morgan fingerprint density at radius 2 is 2.36 bits per heavy atom. The molecule has 80 valence electrons. The van der Waals surface area contributed by atoms with Gasteiger partial charge < -0.3 is 5.11 Å². The summed E-state index contributed by atoms with van der Waals surface area (Å²) < 4.78 is 4.43. The predicted molar refractivity (Wildman–Crippen MR) is 57.6 cm³/mol. The van der Waals surface area contributed by atoms with Gasteiger partial charge in [0.25, 0.3) is 0 Å². The van der Waals surface area contributed by atoms with E-state index in [1.807, 2.05) is 0 Å². The molecule has 0 spiro atoms. The van der Waals surface area contributed by atoms with Crippen molar-refractivity contribution >= 4 is 23.1 Å². The van der Waals surface area contributed by atoms with Crippen LogP contribution in [0.4, 0.5) is 0 Å². The lowest BCUT2D eigenvalue weighted by atomic mass is 10.3. The van der Waals surface area contributed by atoms with Crippen LogP contribution in [0.5, 0.6) is 0 Å². The van der Waals surface area contributed by atoms with Gasteiger partial charge in [0.1, 0.15) is 10.0 Å². The predicted octanol–water partition coefficient (Wildman–Crippen LogP) is 1.40. The van der Waals surface area contributed by atoms with Gasteiger partial charge in [-0.15, -0.1) is 5.10 Å². The van der Waals surface area contributed by atoms with E-state index in [1.54, 1.807) is 0 Å².